The van der Waals surface area contributed by atoms with Crippen molar-refractivity contribution in [2.75, 3.05) is 0 Å². The maximum Gasteiger partial charge on any atom is -0.00137 e. The molecule has 4 aliphatic carbocycles. The summed E-state index contributed by atoms with van der Waals surface area (Å²) in [6.07, 6.45) is 36.7. The topological polar surface area (TPSA) is 0 Å². The van der Waals surface area contributed by atoms with Gasteiger partial charge in [-0.1, -0.05) is 262 Å². The summed E-state index contributed by atoms with van der Waals surface area (Å²) >= 11 is 0. The molecule has 0 N–H and O–H groups in total. The second kappa shape index (κ2) is 29.1. The largest absolute Gasteiger partial charge is 0.0651 e. The van der Waals surface area contributed by atoms with Gasteiger partial charge >= 0.3 is 0 Å². The van der Waals surface area contributed by atoms with Crippen molar-refractivity contribution in [3.05, 3.63) is 191 Å². The molecule has 0 aliphatic heterocycles. The lowest BCUT2D eigenvalue weighted by atomic mass is 9.75. The molecule has 530 valence electrons. The average Bonchev–Trinajstić information content (AvgIpc) is 1.51. The molecule has 11 aromatic rings. The normalized spacial score (nSPS) is 12.8. The van der Waals surface area contributed by atoms with Gasteiger partial charge in [-0.3, -0.25) is 0 Å². The van der Waals surface area contributed by atoms with E-state index in [1.807, 2.05) is 0 Å². The molecule has 0 saturated heterocycles. The first-order valence-electron chi connectivity index (χ1n) is 42.8. The number of hydrogen-bond donors (Lipinski definition) is 0. The van der Waals surface area contributed by atoms with Gasteiger partial charge in [0, 0.05) is 0 Å². The Morgan fingerprint density at radius 3 is 0.608 bits per heavy atom. The minimum absolute atomic E-state index is 1.07. The van der Waals surface area contributed by atoms with E-state index in [-0.39, 0.29) is 0 Å². The minimum Gasteiger partial charge on any atom is -0.0651 e. The Morgan fingerprint density at radius 1 is 0.157 bits per heavy atom. The third-order valence-corrected chi connectivity index (χ3v) is 25.4. The van der Waals surface area contributed by atoms with Crippen molar-refractivity contribution in [3.8, 4) is 44.5 Å². The van der Waals surface area contributed by atoms with Gasteiger partial charge in [0.15, 0.2) is 0 Å². The summed E-state index contributed by atoms with van der Waals surface area (Å²) in [6, 6.07) is 27.0. The van der Waals surface area contributed by atoms with Crippen LogP contribution in [0.15, 0.2) is 60.7 Å². The van der Waals surface area contributed by atoms with E-state index in [1.165, 1.54) is 167 Å². The molecule has 0 heteroatoms. The zero-order valence-corrected chi connectivity index (χ0v) is 66.4. The minimum atomic E-state index is 1.07. The first-order chi connectivity index (χ1) is 50.1. The molecule has 0 heterocycles. The van der Waals surface area contributed by atoms with E-state index in [0.29, 0.717) is 0 Å². The van der Waals surface area contributed by atoms with Crippen molar-refractivity contribution in [1.29, 1.82) is 0 Å². The SMILES string of the molecule is CCCc1c(CCC)c(CCC)c2c(CCC)c3c(c(CCC)c2c1CCC)-c1ccc2c4c(ccc-3c14)-c1c-2c(CCC)c2cc3c(CCC)c4c(c(CCC)c3cc2c1CCC)=c1ccc2c3c(ccc=4c13)=c1c(CCC)c3c(CCC)c(CCC)c(CCC)c(CCC)c3c(CCC)c1=2. The molecule has 0 radical (unpaired) electrons. The van der Waals surface area contributed by atoms with Crippen LogP contribution in [0.5, 0.6) is 0 Å². The molecule has 0 aromatic heterocycles. The summed E-state index contributed by atoms with van der Waals surface area (Å²) in [6.45, 7) is 39.1. The van der Waals surface area contributed by atoms with E-state index in [0.717, 1.165) is 103 Å². The van der Waals surface area contributed by atoms with E-state index in [1.54, 1.807) is 175 Å². The monoisotopic (exact) mass is 1350 g/mol. The van der Waals surface area contributed by atoms with E-state index in [9.17, 15) is 0 Å². The van der Waals surface area contributed by atoms with Crippen LogP contribution >= 0.6 is 0 Å². The predicted octanol–water partition coefficient (Wildman–Crippen LogP) is 28.9. The van der Waals surface area contributed by atoms with E-state index < -0.39 is 0 Å². The molecule has 15 rings (SSSR count). The highest BCUT2D eigenvalue weighted by molar-refractivity contribution is 6.30. The van der Waals surface area contributed by atoms with E-state index in [2.05, 4.69) is 171 Å². The maximum atomic E-state index is 2.82. The Kier molecular flexibility index (Phi) is 20.2. The number of hydrogen-bond acceptors (Lipinski definition) is 0. The third kappa shape index (κ3) is 10.3. The molecule has 0 atom stereocenters. The Bertz CT molecular complexity index is 5360. The van der Waals surface area contributed by atoms with Crippen LogP contribution in [0.3, 0.4) is 0 Å². The van der Waals surface area contributed by atoms with Crippen LogP contribution in [0.2, 0.25) is 0 Å². The smallest absolute Gasteiger partial charge is 0.00137 e. The fourth-order valence-corrected chi connectivity index (χ4v) is 22.5. The zero-order valence-electron chi connectivity index (χ0n) is 66.4. The molecule has 0 spiro atoms. The molecule has 0 saturated carbocycles. The van der Waals surface area contributed by atoms with Crippen molar-refractivity contribution in [3.63, 3.8) is 0 Å². The van der Waals surface area contributed by atoms with Crippen molar-refractivity contribution in [2.24, 2.45) is 0 Å². The van der Waals surface area contributed by atoms with Crippen molar-refractivity contribution >= 4 is 64.6 Å². The van der Waals surface area contributed by atoms with Gasteiger partial charge in [-0.15, -0.1) is 0 Å². The van der Waals surface area contributed by atoms with Gasteiger partial charge in [0.05, 0.1) is 0 Å². The molecular formula is C102H122. The second-order valence-corrected chi connectivity index (χ2v) is 32.2. The van der Waals surface area contributed by atoms with E-state index in [4.69, 9.17) is 0 Å². The first-order valence-corrected chi connectivity index (χ1v) is 42.8. The van der Waals surface area contributed by atoms with Gasteiger partial charge in [0.2, 0.25) is 0 Å². The average molecular weight is 1350 g/mol. The lowest BCUT2D eigenvalue weighted by Gasteiger charge is -2.29. The summed E-state index contributed by atoms with van der Waals surface area (Å²) in [4.78, 5) is 0. The van der Waals surface area contributed by atoms with Crippen molar-refractivity contribution < 1.29 is 0 Å². The Labute approximate surface area is 612 Å². The fraction of sp³-hybridized carbons (Fsp3) is 0.471. The zero-order chi connectivity index (χ0) is 71.1. The Balaban J connectivity index is 1.06. The Hall–Kier alpha value is -7.02. The number of rotatable bonds is 32. The molecular weight excluding hydrogens is 1230 g/mol. The number of aryl methyl sites for hydroxylation is 12. The first kappa shape index (κ1) is 70.6. The van der Waals surface area contributed by atoms with Crippen LogP contribution in [-0.2, 0) is 103 Å². The highest BCUT2D eigenvalue weighted by Crippen LogP contribution is 2.62. The maximum absolute atomic E-state index is 2.82. The summed E-state index contributed by atoms with van der Waals surface area (Å²) < 4.78 is 0. The fourth-order valence-electron chi connectivity index (χ4n) is 22.5. The van der Waals surface area contributed by atoms with Gasteiger partial charge in [0.25, 0.3) is 0 Å². The van der Waals surface area contributed by atoms with Gasteiger partial charge in [-0.25, -0.2) is 0 Å². The van der Waals surface area contributed by atoms with Crippen LogP contribution in [0, 0.1) is 41.7 Å². The Morgan fingerprint density at radius 2 is 0.343 bits per heavy atom. The molecule has 0 unspecified atom stereocenters. The molecule has 0 fully saturated rings. The summed E-state index contributed by atoms with van der Waals surface area (Å²) in [5.74, 6) is 0. The highest BCUT2D eigenvalue weighted by atomic mass is 14.4. The molecule has 0 nitrogen and oxygen atoms in total. The van der Waals surface area contributed by atoms with Gasteiger partial charge in [-0.2, -0.15) is 0 Å². The lowest BCUT2D eigenvalue weighted by Crippen LogP contribution is -2.11. The molecule has 11 aromatic carbocycles. The summed E-state index contributed by atoms with van der Waals surface area (Å²) in [5, 5.41) is 31.4. The predicted molar refractivity (Wildman–Crippen MR) is 448 cm³/mol. The van der Waals surface area contributed by atoms with Gasteiger partial charge in [-0.05, 0) is 355 Å². The summed E-state index contributed by atoms with van der Waals surface area (Å²) in [5.41, 5.74) is 39.1. The van der Waals surface area contributed by atoms with Crippen LogP contribution in [0.25, 0.3) is 109 Å². The molecule has 102 heavy (non-hydrogen) atoms. The van der Waals surface area contributed by atoms with Crippen LogP contribution in [0.4, 0.5) is 0 Å². The van der Waals surface area contributed by atoms with Gasteiger partial charge in [0.1, 0.15) is 0 Å². The van der Waals surface area contributed by atoms with E-state index >= 15 is 0 Å². The van der Waals surface area contributed by atoms with Crippen molar-refractivity contribution in [1.82, 2.24) is 0 Å². The molecule has 0 bridgehead atoms. The number of benzene rings is 11. The number of fused-ring (bicyclic) bond motifs is 12. The van der Waals surface area contributed by atoms with Gasteiger partial charge < -0.3 is 0 Å². The summed E-state index contributed by atoms with van der Waals surface area (Å²) in [7, 11) is 0. The second-order valence-electron chi connectivity index (χ2n) is 32.2. The quantitative estimate of drug-likeness (QED) is 0.0369. The molecule has 0 amide bonds. The molecule has 4 aliphatic rings. The third-order valence-electron chi connectivity index (χ3n) is 25.4. The van der Waals surface area contributed by atoms with Crippen LogP contribution in [0.1, 0.15) is 303 Å². The standard InChI is InChI=1S/C102H122/c1-17-33-59-60(34-18-2)64(38-22-6)88-72(46-30-14)96-80-54-50-76-92-68(42-26-10)84-58-86-70(44-28-12)94-78-52-56-82-98-74(48-32-16)90-66(40-24-8)62(36-20-4)61(35-19-3)65(39-23-7)89(90)73(47-31-15)97(98)81-55-51-77(100(78)102(81)82)93(94)69(43-27-11)85(86)57-83(84)67(41-25-9)91(92)75-49-53-79(101(80)99(75)76)95(96)71(45-29-13)87(88)63(59)37-21-5/h49-58H,17-48H2,1-16H3. The van der Waals surface area contributed by atoms with Crippen molar-refractivity contribution in [2.45, 2.75) is 316 Å². The highest BCUT2D eigenvalue weighted by Gasteiger charge is 2.38. The van der Waals surface area contributed by atoms with Crippen LogP contribution < -0.4 is 0 Å². The lowest BCUT2D eigenvalue weighted by molar-refractivity contribution is 0.806. The van der Waals surface area contributed by atoms with Crippen LogP contribution in [-0.4, -0.2) is 0 Å².